The minimum absolute atomic E-state index is 0.0206. The first kappa shape index (κ1) is 11.8. The third-order valence-corrected chi connectivity index (χ3v) is 2.84. The summed E-state index contributed by atoms with van der Waals surface area (Å²) in [7, 11) is 1.80. The minimum atomic E-state index is -0.804. The highest BCUT2D eigenvalue weighted by Crippen LogP contribution is 2.16. The van der Waals surface area contributed by atoms with Crippen LogP contribution in [-0.4, -0.2) is 53.1 Å². The Kier molecular flexibility index (Phi) is 3.94. The number of carboxylic acid groups (broad SMARTS) is 1. The second-order valence-electron chi connectivity index (χ2n) is 3.90. The van der Waals surface area contributed by atoms with Crippen molar-refractivity contribution in [3.63, 3.8) is 0 Å². The van der Waals surface area contributed by atoms with Gasteiger partial charge in [0.25, 0.3) is 0 Å². The molecule has 1 fully saturated rings. The fourth-order valence-corrected chi connectivity index (χ4v) is 1.85. The van der Waals surface area contributed by atoms with Crippen LogP contribution >= 0.6 is 0 Å². The van der Waals surface area contributed by atoms with E-state index in [1.54, 1.807) is 16.8 Å². The van der Waals surface area contributed by atoms with E-state index < -0.39 is 5.97 Å². The number of nitrogens with zero attached hydrogens (tertiary/aromatic N) is 2. The molecule has 0 bridgehead atoms. The van der Waals surface area contributed by atoms with E-state index >= 15 is 0 Å². The van der Waals surface area contributed by atoms with E-state index in [1.807, 2.05) is 0 Å². The van der Waals surface area contributed by atoms with E-state index in [0.29, 0.717) is 13.0 Å². The lowest BCUT2D eigenvalue weighted by Gasteiger charge is -2.15. The second kappa shape index (κ2) is 5.00. The van der Waals surface area contributed by atoms with Crippen molar-refractivity contribution in [2.75, 3.05) is 20.1 Å². The van der Waals surface area contributed by atoms with Gasteiger partial charge in [0.05, 0.1) is 6.04 Å². The molecular formula is C10H18N2O3. The van der Waals surface area contributed by atoms with E-state index in [0.717, 1.165) is 13.0 Å². The molecule has 0 aliphatic carbocycles. The highest BCUT2D eigenvalue weighted by Gasteiger charge is 2.32. The molecule has 0 aromatic heterocycles. The summed E-state index contributed by atoms with van der Waals surface area (Å²) in [6.45, 7) is 3.33. The van der Waals surface area contributed by atoms with Gasteiger partial charge in [0.15, 0.2) is 0 Å². The predicted molar refractivity (Wildman–Crippen MR) is 55.7 cm³/mol. The van der Waals surface area contributed by atoms with Gasteiger partial charge >= 0.3 is 12.0 Å². The van der Waals surface area contributed by atoms with Crippen molar-refractivity contribution >= 4 is 12.0 Å². The molecule has 5 nitrogen and oxygen atoms in total. The molecule has 1 saturated heterocycles. The minimum Gasteiger partial charge on any atom is -0.481 e. The molecular weight excluding hydrogens is 196 g/mol. The van der Waals surface area contributed by atoms with Crippen molar-refractivity contribution in [2.24, 2.45) is 0 Å². The molecule has 1 rings (SSSR count). The van der Waals surface area contributed by atoms with Crippen LogP contribution in [0.2, 0.25) is 0 Å². The monoisotopic (exact) mass is 214 g/mol. The van der Waals surface area contributed by atoms with Crippen LogP contribution in [-0.2, 0) is 4.79 Å². The molecule has 0 radical (unpaired) electrons. The largest absolute Gasteiger partial charge is 0.481 e. The van der Waals surface area contributed by atoms with Gasteiger partial charge in [0.2, 0.25) is 0 Å². The van der Waals surface area contributed by atoms with E-state index in [9.17, 15) is 9.59 Å². The van der Waals surface area contributed by atoms with E-state index in [2.05, 4.69) is 6.92 Å². The van der Waals surface area contributed by atoms with Gasteiger partial charge in [-0.05, 0) is 12.8 Å². The molecule has 1 atom stereocenters. The van der Waals surface area contributed by atoms with Crippen LogP contribution in [0.15, 0.2) is 0 Å². The van der Waals surface area contributed by atoms with Crippen molar-refractivity contribution in [1.82, 2.24) is 9.80 Å². The first-order valence-corrected chi connectivity index (χ1v) is 5.29. The molecule has 86 valence electrons. The van der Waals surface area contributed by atoms with Crippen LogP contribution in [0, 0.1) is 0 Å². The molecule has 1 heterocycles. The Morgan fingerprint density at radius 1 is 1.60 bits per heavy atom. The smallest absolute Gasteiger partial charge is 0.320 e. The molecule has 1 unspecified atom stereocenters. The van der Waals surface area contributed by atoms with Crippen LogP contribution in [0.25, 0.3) is 0 Å². The summed E-state index contributed by atoms with van der Waals surface area (Å²) in [6.07, 6.45) is 1.60. The van der Waals surface area contributed by atoms with Crippen LogP contribution in [0.1, 0.15) is 26.2 Å². The Labute approximate surface area is 89.7 Å². The van der Waals surface area contributed by atoms with Crippen LogP contribution in [0.5, 0.6) is 0 Å². The molecule has 0 spiro atoms. The summed E-state index contributed by atoms with van der Waals surface area (Å²) in [5.41, 5.74) is 0. The number of aliphatic carboxylic acids is 1. The molecule has 0 saturated carbocycles. The lowest BCUT2D eigenvalue weighted by atomic mass is 10.2. The average Bonchev–Trinajstić information content (AvgIpc) is 2.45. The number of amides is 2. The summed E-state index contributed by atoms with van der Waals surface area (Å²) in [4.78, 5) is 25.5. The number of carboxylic acids is 1. The first-order chi connectivity index (χ1) is 7.06. The highest BCUT2D eigenvalue weighted by atomic mass is 16.4. The normalized spacial score (nSPS) is 21.2. The van der Waals surface area contributed by atoms with Crippen molar-refractivity contribution in [1.29, 1.82) is 0 Å². The van der Waals surface area contributed by atoms with Gasteiger partial charge in [0.1, 0.15) is 0 Å². The zero-order valence-corrected chi connectivity index (χ0v) is 9.27. The lowest BCUT2D eigenvalue weighted by Crippen LogP contribution is -2.31. The van der Waals surface area contributed by atoms with Gasteiger partial charge in [-0.2, -0.15) is 0 Å². The van der Waals surface area contributed by atoms with Crippen molar-refractivity contribution in [3.8, 4) is 0 Å². The molecule has 1 aliphatic heterocycles. The third-order valence-electron chi connectivity index (χ3n) is 2.84. The first-order valence-electron chi connectivity index (χ1n) is 5.29. The maximum Gasteiger partial charge on any atom is 0.320 e. The van der Waals surface area contributed by atoms with Crippen molar-refractivity contribution in [3.05, 3.63) is 0 Å². The number of carbonyl (C=O) groups excluding carboxylic acids is 1. The van der Waals surface area contributed by atoms with Gasteiger partial charge in [-0.1, -0.05) is 6.92 Å². The standard InChI is InChI=1S/C10H18N2O3/c1-3-8-7-12(10(15)11(8)2)6-4-5-9(13)14/h8H,3-7H2,1-2H3,(H,13,14). The summed E-state index contributed by atoms with van der Waals surface area (Å²) in [5, 5.41) is 8.49. The van der Waals surface area contributed by atoms with E-state index in [-0.39, 0.29) is 18.5 Å². The molecule has 5 heteroatoms. The Morgan fingerprint density at radius 2 is 2.27 bits per heavy atom. The predicted octanol–water partition coefficient (Wildman–Crippen LogP) is 0.997. The Balaban J connectivity index is 2.37. The van der Waals surface area contributed by atoms with Crippen LogP contribution < -0.4 is 0 Å². The van der Waals surface area contributed by atoms with Gasteiger partial charge in [0, 0.05) is 26.6 Å². The van der Waals surface area contributed by atoms with Gasteiger partial charge in [-0.25, -0.2) is 4.79 Å². The van der Waals surface area contributed by atoms with Crippen LogP contribution in [0.4, 0.5) is 4.79 Å². The Morgan fingerprint density at radius 3 is 2.73 bits per heavy atom. The maximum atomic E-state index is 11.7. The van der Waals surface area contributed by atoms with Crippen LogP contribution in [0.3, 0.4) is 0 Å². The van der Waals surface area contributed by atoms with Crippen molar-refractivity contribution < 1.29 is 14.7 Å². The SMILES string of the molecule is CCC1CN(CCCC(=O)O)C(=O)N1C. The number of rotatable bonds is 5. The maximum absolute atomic E-state index is 11.7. The van der Waals surface area contributed by atoms with Gasteiger partial charge < -0.3 is 14.9 Å². The fraction of sp³-hybridized carbons (Fsp3) is 0.800. The average molecular weight is 214 g/mol. The summed E-state index contributed by atoms with van der Waals surface area (Å²) < 4.78 is 0. The number of hydrogen-bond donors (Lipinski definition) is 1. The number of urea groups is 1. The fourth-order valence-electron chi connectivity index (χ4n) is 1.85. The van der Waals surface area contributed by atoms with Crippen molar-refractivity contribution in [2.45, 2.75) is 32.2 Å². The highest BCUT2D eigenvalue weighted by molar-refractivity contribution is 5.77. The second-order valence-corrected chi connectivity index (χ2v) is 3.90. The topological polar surface area (TPSA) is 60.9 Å². The zero-order chi connectivity index (χ0) is 11.4. The van der Waals surface area contributed by atoms with E-state index in [1.165, 1.54) is 0 Å². The third kappa shape index (κ3) is 2.84. The molecule has 15 heavy (non-hydrogen) atoms. The zero-order valence-electron chi connectivity index (χ0n) is 9.27. The molecule has 0 aromatic carbocycles. The molecule has 0 aromatic rings. The Bertz CT molecular complexity index is 255. The molecule has 1 N–H and O–H groups in total. The molecule has 1 aliphatic rings. The number of likely N-dealkylation sites (N-methyl/N-ethyl adjacent to an activating group) is 1. The Hall–Kier alpha value is -1.26. The van der Waals surface area contributed by atoms with E-state index in [4.69, 9.17) is 5.11 Å². The quantitative estimate of drug-likeness (QED) is 0.742. The number of carbonyl (C=O) groups is 2. The lowest BCUT2D eigenvalue weighted by molar-refractivity contribution is -0.137. The summed E-state index contributed by atoms with van der Waals surface area (Å²) in [6, 6.07) is 0.301. The summed E-state index contributed by atoms with van der Waals surface area (Å²) >= 11 is 0. The number of hydrogen-bond acceptors (Lipinski definition) is 2. The summed E-state index contributed by atoms with van der Waals surface area (Å²) in [5.74, 6) is -0.804. The van der Waals surface area contributed by atoms with Gasteiger partial charge in [-0.15, -0.1) is 0 Å². The molecule has 2 amide bonds. The van der Waals surface area contributed by atoms with Gasteiger partial charge in [-0.3, -0.25) is 4.79 Å².